The highest BCUT2D eigenvalue weighted by atomic mass is 35.5. The summed E-state index contributed by atoms with van der Waals surface area (Å²) in [5, 5.41) is 13.6. The highest BCUT2D eigenvalue weighted by Crippen LogP contribution is 2.23. The number of imidazole rings is 1. The molecule has 3 rings (SSSR count). The van der Waals surface area contributed by atoms with Crippen LogP contribution in [-0.2, 0) is 30.2 Å². The standard InChI is InChI=1S/C20H19ClFN3O2S/c21-16-6-4-14(5-7-16)9-23-19(27)11-25-18(12-26)10-24-20(25)28-13-15-2-1-3-17(22)8-15/h1-8,10,26H,9,11-13H2,(H,23,27). The Hall–Kier alpha value is -2.35. The highest BCUT2D eigenvalue weighted by molar-refractivity contribution is 7.98. The van der Waals surface area contributed by atoms with Gasteiger partial charge in [-0.05, 0) is 35.4 Å². The monoisotopic (exact) mass is 419 g/mol. The molecule has 0 atom stereocenters. The van der Waals surface area contributed by atoms with Crippen molar-refractivity contribution < 1.29 is 14.3 Å². The molecule has 2 aromatic carbocycles. The van der Waals surface area contributed by atoms with Crippen LogP contribution in [0.25, 0.3) is 0 Å². The second kappa shape index (κ2) is 9.73. The maximum Gasteiger partial charge on any atom is 0.240 e. The lowest BCUT2D eigenvalue weighted by Crippen LogP contribution is -2.28. The molecule has 28 heavy (non-hydrogen) atoms. The number of aliphatic hydroxyl groups excluding tert-OH is 1. The number of nitrogens with one attached hydrogen (secondary N) is 1. The zero-order valence-electron chi connectivity index (χ0n) is 14.9. The summed E-state index contributed by atoms with van der Waals surface area (Å²) in [4.78, 5) is 16.6. The summed E-state index contributed by atoms with van der Waals surface area (Å²) in [6.07, 6.45) is 1.54. The summed E-state index contributed by atoms with van der Waals surface area (Å²) in [6, 6.07) is 13.6. The van der Waals surface area contributed by atoms with E-state index in [1.807, 2.05) is 18.2 Å². The second-order valence-electron chi connectivity index (χ2n) is 6.10. The smallest absolute Gasteiger partial charge is 0.240 e. The first-order chi connectivity index (χ1) is 13.5. The van der Waals surface area contributed by atoms with Crippen LogP contribution < -0.4 is 5.32 Å². The number of nitrogens with zero attached hydrogens (tertiary/aromatic N) is 2. The van der Waals surface area contributed by atoms with Crippen LogP contribution in [0.15, 0.2) is 59.9 Å². The fraction of sp³-hybridized carbons (Fsp3) is 0.200. The van der Waals surface area contributed by atoms with Gasteiger partial charge in [-0.1, -0.05) is 47.6 Å². The summed E-state index contributed by atoms with van der Waals surface area (Å²) in [5.41, 5.74) is 2.30. The predicted molar refractivity (Wildman–Crippen MR) is 107 cm³/mol. The Bertz CT molecular complexity index is 947. The van der Waals surface area contributed by atoms with E-state index in [4.69, 9.17) is 11.6 Å². The molecule has 0 spiro atoms. The van der Waals surface area contributed by atoms with Crippen LogP contribution in [0.3, 0.4) is 0 Å². The van der Waals surface area contributed by atoms with E-state index in [-0.39, 0.29) is 24.9 Å². The summed E-state index contributed by atoms with van der Waals surface area (Å²) in [6.45, 7) is 0.192. The Morgan fingerprint density at radius 3 is 2.71 bits per heavy atom. The number of rotatable bonds is 8. The quantitative estimate of drug-likeness (QED) is 0.545. The minimum absolute atomic E-state index is 0.0367. The molecule has 0 aliphatic rings. The van der Waals surface area contributed by atoms with Gasteiger partial charge in [-0.2, -0.15) is 0 Å². The lowest BCUT2D eigenvalue weighted by molar-refractivity contribution is -0.122. The lowest BCUT2D eigenvalue weighted by atomic mass is 10.2. The number of benzene rings is 2. The van der Waals surface area contributed by atoms with Crippen molar-refractivity contribution in [3.05, 3.63) is 82.4 Å². The minimum atomic E-state index is -0.293. The van der Waals surface area contributed by atoms with E-state index in [0.717, 1.165) is 11.1 Å². The van der Waals surface area contributed by atoms with E-state index in [2.05, 4.69) is 10.3 Å². The van der Waals surface area contributed by atoms with Gasteiger partial charge >= 0.3 is 0 Å². The summed E-state index contributed by atoms with van der Waals surface area (Å²) in [7, 11) is 0. The van der Waals surface area contributed by atoms with Crippen LogP contribution in [0.4, 0.5) is 4.39 Å². The number of thioether (sulfide) groups is 1. The number of aliphatic hydroxyl groups is 1. The molecule has 0 fully saturated rings. The molecule has 1 aromatic heterocycles. The molecule has 2 N–H and O–H groups in total. The molecule has 8 heteroatoms. The predicted octanol–water partition coefficient (Wildman–Crippen LogP) is 3.78. The molecular formula is C20H19ClFN3O2S. The maximum absolute atomic E-state index is 13.3. The first kappa shape index (κ1) is 20.4. The molecule has 0 saturated carbocycles. The third-order valence-electron chi connectivity index (χ3n) is 4.03. The SMILES string of the molecule is O=C(Cn1c(CO)cnc1SCc1cccc(F)c1)NCc1ccc(Cl)cc1. The van der Waals surface area contributed by atoms with E-state index in [0.29, 0.717) is 28.2 Å². The van der Waals surface area contributed by atoms with Crippen molar-refractivity contribution in [2.75, 3.05) is 0 Å². The number of hydrogen-bond acceptors (Lipinski definition) is 4. The molecule has 3 aromatic rings. The lowest BCUT2D eigenvalue weighted by Gasteiger charge is -2.11. The number of aromatic nitrogens is 2. The Labute approximate surface area is 171 Å². The van der Waals surface area contributed by atoms with Crippen molar-refractivity contribution in [3.8, 4) is 0 Å². The van der Waals surface area contributed by atoms with Gasteiger partial charge in [0, 0.05) is 17.3 Å². The van der Waals surface area contributed by atoms with Crippen molar-refractivity contribution in [1.82, 2.24) is 14.9 Å². The number of amides is 1. The number of carbonyl (C=O) groups is 1. The fourth-order valence-corrected chi connectivity index (χ4v) is 3.65. The van der Waals surface area contributed by atoms with Gasteiger partial charge in [0.05, 0.1) is 18.5 Å². The zero-order valence-corrected chi connectivity index (χ0v) is 16.5. The van der Waals surface area contributed by atoms with Gasteiger partial charge in [0.2, 0.25) is 5.91 Å². The van der Waals surface area contributed by atoms with Gasteiger partial charge in [-0.3, -0.25) is 4.79 Å². The van der Waals surface area contributed by atoms with Gasteiger partial charge in [0.25, 0.3) is 0 Å². The molecule has 0 aliphatic heterocycles. The Morgan fingerprint density at radius 1 is 1.21 bits per heavy atom. The second-order valence-corrected chi connectivity index (χ2v) is 7.48. The summed E-state index contributed by atoms with van der Waals surface area (Å²) in [5.74, 6) is 0.0146. The van der Waals surface area contributed by atoms with Crippen LogP contribution >= 0.6 is 23.4 Å². The summed E-state index contributed by atoms with van der Waals surface area (Å²) < 4.78 is 15.0. The Morgan fingerprint density at radius 2 is 2.00 bits per heavy atom. The highest BCUT2D eigenvalue weighted by Gasteiger charge is 2.14. The first-order valence-electron chi connectivity index (χ1n) is 8.59. The van der Waals surface area contributed by atoms with Gasteiger partial charge in [0.15, 0.2) is 5.16 Å². The molecule has 146 valence electrons. The molecule has 0 bridgehead atoms. The number of hydrogen-bond donors (Lipinski definition) is 2. The Kier molecular flexibility index (Phi) is 7.08. The van der Waals surface area contributed by atoms with Crippen molar-refractivity contribution in [2.24, 2.45) is 0 Å². The largest absolute Gasteiger partial charge is 0.390 e. The van der Waals surface area contributed by atoms with E-state index >= 15 is 0 Å². The topological polar surface area (TPSA) is 67.2 Å². The van der Waals surface area contributed by atoms with Crippen LogP contribution in [0.5, 0.6) is 0 Å². The van der Waals surface area contributed by atoms with Gasteiger partial charge in [0.1, 0.15) is 12.4 Å². The molecule has 0 radical (unpaired) electrons. The van der Waals surface area contributed by atoms with Crippen LogP contribution in [0.1, 0.15) is 16.8 Å². The van der Waals surface area contributed by atoms with E-state index in [1.165, 1.54) is 23.9 Å². The van der Waals surface area contributed by atoms with Gasteiger partial charge in [-0.25, -0.2) is 9.37 Å². The van der Waals surface area contributed by atoms with Gasteiger partial charge in [-0.15, -0.1) is 0 Å². The summed E-state index contributed by atoms with van der Waals surface area (Å²) >= 11 is 7.24. The van der Waals surface area contributed by atoms with E-state index in [1.54, 1.807) is 29.0 Å². The average molecular weight is 420 g/mol. The maximum atomic E-state index is 13.3. The third kappa shape index (κ3) is 5.58. The van der Waals surface area contributed by atoms with Crippen molar-refractivity contribution in [1.29, 1.82) is 0 Å². The van der Waals surface area contributed by atoms with Crippen LogP contribution in [0, 0.1) is 5.82 Å². The van der Waals surface area contributed by atoms with Crippen molar-refractivity contribution in [2.45, 2.75) is 30.6 Å². The molecular weight excluding hydrogens is 401 g/mol. The molecule has 1 heterocycles. The minimum Gasteiger partial charge on any atom is -0.390 e. The fourth-order valence-electron chi connectivity index (χ4n) is 2.58. The molecule has 0 unspecified atom stereocenters. The van der Waals surface area contributed by atoms with Gasteiger partial charge < -0.3 is 15.0 Å². The molecule has 0 saturated heterocycles. The Balaban J connectivity index is 1.62. The molecule has 5 nitrogen and oxygen atoms in total. The molecule has 0 aliphatic carbocycles. The van der Waals surface area contributed by atoms with Crippen LogP contribution in [0.2, 0.25) is 5.02 Å². The van der Waals surface area contributed by atoms with Crippen molar-refractivity contribution in [3.63, 3.8) is 0 Å². The molecule has 1 amide bonds. The average Bonchev–Trinajstić information content (AvgIpc) is 3.07. The number of halogens is 2. The normalized spacial score (nSPS) is 10.8. The van der Waals surface area contributed by atoms with Crippen molar-refractivity contribution >= 4 is 29.3 Å². The van der Waals surface area contributed by atoms with E-state index < -0.39 is 0 Å². The third-order valence-corrected chi connectivity index (χ3v) is 5.34. The zero-order chi connectivity index (χ0) is 19.9. The first-order valence-corrected chi connectivity index (χ1v) is 9.95. The van der Waals surface area contributed by atoms with Crippen LogP contribution in [-0.4, -0.2) is 20.6 Å². The van der Waals surface area contributed by atoms with E-state index in [9.17, 15) is 14.3 Å². The number of carbonyl (C=O) groups excluding carboxylic acids is 1.